The summed E-state index contributed by atoms with van der Waals surface area (Å²) in [5.41, 5.74) is 5.15. The van der Waals surface area contributed by atoms with E-state index >= 15 is 0 Å². The number of halogens is 1. The van der Waals surface area contributed by atoms with Gasteiger partial charge in [-0.2, -0.15) is 0 Å². The van der Waals surface area contributed by atoms with Gasteiger partial charge in [-0.25, -0.2) is 9.79 Å². The molecule has 0 bridgehead atoms. The molecule has 0 fully saturated rings. The standard InChI is InChI=1S/C42H35BrN2O4S/c1-4-48-41(47)37-38(30-11-6-5-7-12-30)44-42-45(39(37)31-18-16-28(17-19-31)26(2)3)40(46)36(50-42)24-34-33-13-9-8-10-29(33)20-23-35(34)49-25-27-14-21-32(43)22-15-27/h5-24,26,39H,4,25H2,1-3H3/b36-24-/t39-/m1/s1. The van der Waals surface area contributed by atoms with Crippen molar-refractivity contribution < 1.29 is 14.3 Å². The van der Waals surface area contributed by atoms with Crippen LogP contribution >= 0.6 is 27.3 Å². The number of hydrogen-bond donors (Lipinski definition) is 0. The maximum absolute atomic E-state index is 14.7. The predicted molar refractivity (Wildman–Crippen MR) is 204 cm³/mol. The number of rotatable bonds is 9. The summed E-state index contributed by atoms with van der Waals surface area (Å²) in [6.45, 7) is 6.61. The number of nitrogens with zero attached hydrogens (tertiary/aromatic N) is 2. The van der Waals surface area contributed by atoms with Crippen molar-refractivity contribution in [3.8, 4) is 5.75 Å². The third-order valence-electron chi connectivity index (χ3n) is 8.81. The van der Waals surface area contributed by atoms with Crippen LogP contribution in [0.1, 0.15) is 60.5 Å². The second-order valence-corrected chi connectivity index (χ2v) is 14.3. The third kappa shape index (κ3) is 6.61. The molecule has 0 saturated carbocycles. The van der Waals surface area contributed by atoms with Crippen LogP contribution in [0.2, 0.25) is 0 Å². The average Bonchev–Trinajstić information content (AvgIpc) is 3.45. The van der Waals surface area contributed by atoms with Crippen LogP contribution in [-0.4, -0.2) is 17.1 Å². The number of carbonyl (C=O) groups excluding carboxylic acids is 1. The van der Waals surface area contributed by atoms with Crippen molar-refractivity contribution in [2.24, 2.45) is 4.99 Å². The van der Waals surface area contributed by atoms with E-state index in [1.165, 1.54) is 11.3 Å². The first-order chi connectivity index (χ1) is 24.3. The molecule has 0 spiro atoms. The monoisotopic (exact) mass is 742 g/mol. The normalized spacial score (nSPS) is 14.5. The minimum atomic E-state index is -0.746. The van der Waals surface area contributed by atoms with Crippen LogP contribution in [0.15, 0.2) is 135 Å². The number of esters is 1. The van der Waals surface area contributed by atoms with Crippen LogP contribution in [0, 0.1) is 0 Å². The number of benzene rings is 5. The molecule has 0 radical (unpaired) electrons. The van der Waals surface area contributed by atoms with Crippen LogP contribution in [0.5, 0.6) is 5.75 Å². The van der Waals surface area contributed by atoms with Gasteiger partial charge in [0.1, 0.15) is 12.4 Å². The van der Waals surface area contributed by atoms with Crippen molar-refractivity contribution in [3.05, 3.63) is 173 Å². The Kier molecular flexibility index (Phi) is 9.65. The third-order valence-corrected chi connectivity index (χ3v) is 10.3. The molecule has 7 rings (SSSR count). The van der Waals surface area contributed by atoms with E-state index in [1.54, 1.807) is 11.5 Å². The minimum Gasteiger partial charge on any atom is -0.488 e. The molecule has 6 nitrogen and oxygen atoms in total. The first-order valence-electron chi connectivity index (χ1n) is 16.6. The molecule has 0 aliphatic carbocycles. The molecule has 0 unspecified atom stereocenters. The van der Waals surface area contributed by atoms with Crippen LogP contribution < -0.4 is 19.6 Å². The van der Waals surface area contributed by atoms with Crippen molar-refractivity contribution in [1.82, 2.24) is 4.57 Å². The summed E-state index contributed by atoms with van der Waals surface area (Å²) in [6, 6.07) is 37.1. The van der Waals surface area contributed by atoms with Crippen molar-refractivity contribution in [1.29, 1.82) is 0 Å². The largest absolute Gasteiger partial charge is 0.488 e. The Balaban J connectivity index is 1.45. The molecule has 1 aliphatic heterocycles. The summed E-state index contributed by atoms with van der Waals surface area (Å²) in [7, 11) is 0. The second-order valence-electron chi connectivity index (χ2n) is 12.4. The van der Waals surface area contributed by atoms with E-state index in [9.17, 15) is 9.59 Å². The number of thiazole rings is 1. The lowest BCUT2D eigenvalue weighted by Crippen LogP contribution is -2.40. The Bertz CT molecular complexity index is 2410. The van der Waals surface area contributed by atoms with Gasteiger partial charge in [0.15, 0.2) is 4.80 Å². The van der Waals surface area contributed by atoms with Crippen molar-refractivity contribution in [2.45, 2.75) is 39.3 Å². The molecule has 0 N–H and O–H groups in total. The number of aromatic nitrogens is 1. The van der Waals surface area contributed by atoms with Gasteiger partial charge in [0.05, 0.1) is 28.5 Å². The molecule has 1 aromatic heterocycles. The molecule has 1 atom stereocenters. The summed E-state index contributed by atoms with van der Waals surface area (Å²) in [5, 5.41) is 1.99. The summed E-state index contributed by atoms with van der Waals surface area (Å²) in [6.07, 6.45) is 1.90. The van der Waals surface area contributed by atoms with Crippen LogP contribution in [0.25, 0.3) is 22.5 Å². The van der Waals surface area contributed by atoms with Gasteiger partial charge in [-0.15, -0.1) is 0 Å². The Morgan fingerprint density at radius 3 is 2.36 bits per heavy atom. The molecule has 50 heavy (non-hydrogen) atoms. The van der Waals surface area contributed by atoms with E-state index < -0.39 is 12.0 Å². The highest BCUT2D eigenvalue weighted by molar-refractivity contribution is 9.10. The molecule has 250 valence electrons. The molecule has 1 aliphatic rings. The van der Waals surface area contributed by atoms with Crippen molar-refractivity contribution in [2.75, 3.05) is 6.61 Å². The number of ether oxygens (including phenoxy) is 2. The Morgan fingerprint density at radius 1 is 0.920 bits per heavy atom. The number of fused-ring (bicyclic) bond motifs is 2. The van der Waals surface area contributed by atoms with E-state index in [2.05, 4.69) is 41.9 Å². The topological polar surface area (TPSA) is 69.9 Å². The Hall–Kier alpha value is -5.05. The molecule has 0 amide bonds. The van der Waals surface area contributed by atoms with Crippen LogP contribution in [0.4, 0.5) is 0 Å². The average molecular weight is 744 g/mol. The van der Waals surface area contributed by atoms with Gasteiger partial charge in [-0.1, -0.05) is 138 Å². The lowest BCUT2D eigenvalue weighted by Gasteiger charge is -2.26. The second kappa shape index (κ2) is 14.4. The van der Waals surface area contributed by atoms with Crippen LogP contribution in [-0.2, 0) is 16.1 Å². The van der Waals surface area contributed by atoms with E-state index in [1.807, 2.05) is 109 Å². The van der Waals surface area contributed by atoms with E-state index in [0.717, 1.165) is 43.1 Å². The number of hydrogen-bond acceptors (Lipinski definition) is 6. The fourth-order valence-electron chi connectivity index (χ4n) is 6.24. The lowest BCUT2D eigenvalue weighted by atomic mass is 9.91. The zero-order valence-electron chi connectivity index (χ0n) is 27.9. The predicted octanol–water partition coefficient (Wildman–Crippen LogP) is 8.55. The number of carbonyl (C=O) groups is 1. The molecule has 5 aromatic carbocycles. The van der Waals surface area contributed by atoms with Gasteiger partial charge < -0.3 is 9.47 Å². The first-order valence-corrected chi connectivity index (χ1v) is 18.2. The summed E-state index contributed by atoms with van der Waals surface area (Å²) >= 11 is 4.80. The maximum Gasteiger partial charge on any atom is 0.338 e. The van der Waals surface area contributed by atoms with Gasteiger partial charge in [-0.3, -0.25) is 9.36 Å². The van der Waals surface area contributed by atoms with E-state index in [-0.39, 0.29) is 12.2 Å². The van der Waals surface area contributed by atoms with E-state index in [4.69, 9.17) is 14.5 Å². The first kappa shape index (κ1) is 33.4. The quantitative estimate of drug-likeness (QED) is 0.139. The van der Waals surface area contributed by atoms with Crippen LogP contribution in [0.3, 0.4) is 0 Å². The lowest BCUT2D eigenvalue weighted by molar-refractivity contribution is -0.138. The fraction of sp³-hybridized carbons (Fsp3) is 0.167. The molecule has 6 aromatic rings. The van der Waals surface area contributed by atoms with Gasteiger partial charge in [0, 0.05) is 15.6 Å². The maximum atomic E-state index is 14.7. The van der Waals surface area contributed by atoms with Gasteiger partial charge in [-0.05, 0) is 64.6 Å². The van der Waals surface area contributed by atoms with Gasteiger partial charge in [0.2, 0.25) is 0 Å². The summed E-state index contributed by atoms with van der Waals surface area (Å²) in [5.74, 6) is 0.488. The smallest absolute Gasteiger partial charge is 0.338 e. The van der Waals surface area contributed by atoms with Gasteiger partial charge in [0.25, 0.3) is 5.56 Å². The molecule has 8 heteroatoms. The fourth-order valence-corrected chi connectivity index (χ4v) is 7.49. The van der Waals surface area contributed by atoms with E-state index in [0.29, 0.717) is 38.9 Å². The van der Waals surface area contributed by atoms with Crippen molar-refractivity contribution in [3.63, 3.8) is 0 Å². The highest BCUT2D eigenvalue weighted by Gasteiger charge is 2.35. The molecular formula is C42H35BrN2O4S. The highest BCUT2D eigenvalue weighted by atomic mass is 79.9. The zero-order chi connectivity index (χ0) is 34.8. The minimum absolute atomic E-state index is 0.192. The molecule has 2 heterocycles. The molecular weight excluding hydrogens is 708 g/mol. The van der Waals surface area contributed by atoms with Crippen molar-refractivity contribution >= 4 is 55.8 Å². The Morgan fingerprint density at radius 2 is 1.64 bits per heavy atom. The SMILES string of the molecule is CCOC(=O)C1=C(c2ccccc2)N=c2s/c(=C\c3c(OCc4ccc(Br)cc4)ccc4ccccc34)c(=O)n2[C@@H]1c1ccc(C(C)C)cc1. The molecule has 0 saturated heterocycles. The summed E-state index contributed by atoms with van der Waals surface area (Å²) < 4.78 is 15.2. The Labute approximate surface area is 302 Å². The summed E-state index contributed by atoms with van der Waals surface area (Å²) in [4.78, 5) is 34.1. The zero-order valence-corrected chi connectivity index (χ0v) is 30.3. The van der Waals surface area contributed by atoms with Gasteiger partial charge >= 0.3 is 5.97 Å². The highest BCUT2D eigenvalue weighted by Crippen LogP contribution is 2.36.